The predicted molar refractivity (Wildman–Crippen MR) is 324 cm³/mol. The van der Waals surface area contributed by atoms with Crippen LogP contribution in [0.3, 0.4) is 0 Å². The van der Waals surface area contributed by atoms with E-state index in [4.69, 9.17) is 14.2 Å². The van der Waals surface area contributed by atoms with E-state index in [1.54, 1.807) is 0 Å². The van der Waals surface area contributed by atoms with Crippen LogP contribution in [0.1, 0.15) is 213 Å². The Balaban J connectivity index is 4.35. The van der Waals surface area contributed by atoms with Gasteiger partial charge in [-0.1, -0.05) is 242 Å². The number of allylic oxidation sites excluding steroid dienone is 30. The smallest absolute Gasteiger partial charge is 0.306 e. The molecule has 0 rings (SSSR count). The zero-order valence-corrected chi connectivity index (χ0v) is 47.5. The van der Waals surface area contributed by atoms with Gasteiger partial charge in [0.05, 0.1) is 0 Å². The molecule has 6 heteroatoms. The molecule has 416 valence electrons. The molecule has 1 atom stereocenters. The van der Waals surface area contributed by atoms with Crippen molar-refractivity contribution in [1.82, 2.24) is 0 Å². The quantitative estimate of drug-likeness (QED) is 0.0261. The number of hydrogen-bond donors (Lipinski definition) is 0. The number of unbranched alkanes of at least 4 members (excludes halogenated alkanes) is 9. The first-order valence-corrected chi connectivity index (χ1v) is 29.3. The molecular formula is C69H104O6. The van der Waals surface area contributed by atoms with E-state index in [9.17, 15) is 14.4 Å². The monoisotopic (exact) mass is 1030 g/mol. The number of carbonyl (C=O) groups is 3. The van der Waals surface area contributed by atoms with Crippen LogP contribution in [0.15, 0.2) is 182 Å². The first kappa shape index (κ1) is 69.5. The summed E-state index contributed by atoms with van der Waals surface area (Å²) in [6, 6.07) is 0. The summed E-state index contributed by atoms with van der Waals surface area (Å²) in [5.41, 5.74) is 0. The molecule has 0 fully saturated rings. The van der Waals surface area contributed by atoms with Crippen molar-refractivity contribution >= 4 is 17.9 Å². The largest absolute Gasteiger partial charge is 0.462 e. The fourth-order valence-electron chi connectivity index (χ4n) is 7.09. The van der Waals surface area contributed by atoms with E-state index in [2.05, 4.69) is 203 Å². The molecule has 0 aromatic heterocycles. The van der Waals surface area contributed by atoms with E-state index in [-0.39, 0.29) is 44.0 Å². The summed E-state index contributed by atoms with van der Waals surface area (Å²) in [6.07, 6.45) is 92.1. The molecule has 0 saturated carbocycles. The van der Waals surface area contributed by atoms with Gasteiger partial charge in [0.2, 0.25) is 0 Å². The second kappa shape index (κ2) is 61.1. The van der Waals surface area contributed by atoms with Gasteiger partial charge in [-0.2, -0.15) is 0 Å². The molecule has 0 aromatic carbocycles. The molecule has 0 saturated heterocycles. The van der Waals surface area contributed by atoms with E-state index >= 15 is 0 Å². The van der Waals surface area contributed by atoms with E-state index < -0.39 is 6.10 Å². The Morgan fingerprint density at radius 2 is 0.533 bits per heavy atom. The molecule has 0 aromatic rings. The first-order valence-electron chi connectivity index (χ1n) is 29.3. The van der Waals surface area contributed by atoms with Crippen LogP contribution in [0.5, 0.6) is 0 Å². The van der Waals surface area contributed by atoms with E-state index in [0.717, 1.165) is 135 Å². The highest BCUT2D eigenvalue weighted by molar-refractivity contribution is 5.71. The van der Waals surface area contributed by atoms with Crippen molar-refractivity contribution in [3.8, 4) is 0 Å². The lowest BCUT2D eigenvalue weighted by atomic mass is 10.1. The van der Waals surface area contributed by atoms with Crippen LogP contribution in [0.25, 0.3) is 0 Å². The van der Waals surface area contributed by atoms with Crippen molar-refractivity contribution in [3.05, 3.63) is 182 Å². The van der Waals surface area contributed by atoms with Gasteiger partial charge >= 0.3 is 17.9 Å². The summed E-state index contributed by atoms with van der Waals surface area (Å²) in [7, 11) is 0. The minimum absolute atomic E-state index is 0.123. The molecule has 0 aliphatic carbocycles. The SMILES string of the molecule is CC/C=C\C/C=C\C/C=C\C/C=C\C/C=C\C/C=C\C/C=C\C/C=C\C/C=C\C/C=C\CCCCC(=O)OCC(COC(=O)CCCCCCCCC)OC(=O)CCC/C=C\C/C=C\C/C=C\C/C=C\C/C=C\CC. The number of carbonyl (C=O) groups excluding carboxylic acids is 3. The third-order valence-corrected chi connectivity index (χ3v) is 11.4. The summed E-state index contributed by atoms with van der Waals surface area (Å²) in [5.74, 6) is -1.05. The molecule has 75 heavy (non-hydrogen) atoms. The van der Waals surface area contributed by atoms with Gasteiger partial charge in [-0.3, -0.25) is 14.4 Å². The van der Waals surface area contributed by atoms with E-state index in [1.807, 2.05) is 0 Å². The second-order valence-electron chi connectivity index (χ2n) is 18.4. The molecule has 0 spiro atoms. The van der Waals surface area contributed by atoms with Crippen LogP contribution in [-0.4, -0.2) is 37.2 Å². The number of hydrogen-bond acceptors (Lipinski definition) is 6. The molecule has 6 nitrogen and oxygen atoms in total. The highest BCUT2D eigenvalue weighted by atomic mass is 16.6. The maximum atomic E-state index is 12.8. The lowest BCUT2D eigenvalue weighted by Crippen LogP contribution is -2.30. The number of esters is 3. The van der Waals surface area contributed by atoms with Crippen molar-refractivity contribution in [2.45, 2.75) is 219 Å². The van der Waals surface area contributed by atoms with Crippen molar-refractivity contribution in [3.63, 3.8) is 0 Å². The summed E-state index contributed by atoms with van der Waals surface area (Å²) < 4.78 is 16.7. The van der Waals surface area contributed by atoms with Gasteiger partial charge in [-0.15, -0.1) is 0 Å². The zero-order chi connectivity index (χ0) is 54.3. The van der Waals surface area contributed by atoms with Crippen LogP contribution < -0.4 is 0 Å². The normalized spacial score (nSPS) is 13.5. The molecule has 0 aliphatic rings. The Morgan fingerprint density at radius 1 is 0.280 bits per heavy atom. The van der Waals surface area contributed by atoms with Gasteiger partial charge in [0.15, 0.2) is 6.10 Å². The number of ether oxygens (including phenoxy) is 3. The lowest BCUT2D eigenvalue weighted by molar-refractivity contribution is -0.167. The maximum Gasteiger partial charge on any atom is 0.306 e. The highest BCUT2D eigenvalue weighted by Gasteiger charge is 2.19. The predicted octanol–water partition coefficient (Wildman–Crippen LogP) is 20.1. The van der Waals surface area contributed by atoms with Crippen LogP contribution >= 0.6 is 0 Å². The molecule has 0 bridgehead atoms. The highest BCUT2D eigenvalue weighted by Crippen LogP contribution is 2.11. The molecule has 1 unspecified atom stereocenters. The van der Waals surface area contributed by atoms with Crippen molar-refractivity contribution < 1.29 is 28.6 Å². The number of rotatable bonds is 50. The second-order valence-corrected chi connectivity index (χ2v) is 18.4. The summed E-state index contributed by atoms with van der Waals surface area (Å²) >= 11 is 0. The molecular weight excluding hydrogens is 925 g/mol. The minimum atomic E-state index is -0.832. The average molecular weight is 1030 g/mol. The average Bonchev–Trinajstić information content (AvgIpc) is 3.41. The molecule has 0 amide bonds. The fraction of sp³-hybridized carbons (Fsp3) is 0.522. The van der Waals surface area contributed by atoms with Gasteiger partial charge < -0.3 is 14.2 Å². The topological polar surface area (TPSA) is 78.9 Å². The minimum Gasteiger partial charge on any atom is -0.462 e. The van der Waals surface area contributed by atoms with Gasteiger partial charge in [-0.05, 0) is 135 Å². The van der Waals surface area contributed by atoms with Gasteiger partial charge in [0, 0.05) is 19.3 Å². The van der Waals surface area contributed by atoms with E-state index in [0.29, 0.717) is 19.3 Å². The Bertz CT molecular complexity index is 1800. The van der Waals surface area contributed by atoms with E-state index in [1.165, 1.54) is 25.7 Å². The lowest BCUT2D eigenvalue weighted by Gasteiger charge is -2.18. The maximum absolute atomic E-state index is 12.8. The molecule has 0 aliphatic heterocycles. The summed E-state index contributed by atoms with van der Waals surface area (Å²) in [6.45, 7) is 6.25. The Labute approximate surface area is 459 Å². The standard InChI is InChI=1S/C69H104O6/c1-4-7-10-13-16-18-20-22-24-26-27-28-29-30-31-32-33-34-35-36-37-38-39-40-41-43-44-46-48-50-53-56-59-62-68(71)74-65-66(64-73-67(70)61-58-55-52-15-12-9-6-3)75-69(72)63-60-57-54-51-49-47-45-42-25-23-21-19-17-14-11-8-5-2/h7-8,10-11,16-19,22-25,27-28,30-31,33-34,36-37,39-40,43-45,47-48,50-51,54,66H,4-6,9,12-15,20-21,26,29,32,35,38,41-42,46,49,52-53,55-65H2,1-3H3/b10-7-,11-8-,18-16-,19-17-,24-22-,25-23-,28-27-,31-30-,34-33-,37-36-,40-39-,44-43-,47-45-,50-48-,54-51-. The zero-order valence-electron chi connectivity index (χ0n) is 47.5. The van der Waals surface area contributed by atoms with Gasteiger partial charge in [0.25, 0.3) is 0 Å². The third kappa shape index (κ3) is 59.3. The van der Waals surface area contributed by atoms with Crippen molar-refractivity contribution in [2.75, 3.05) is 13.2 Å². The molecule has 0 N–H and O–H groups in total. The third-order valence-electron chi connectivity index (χ3n) is 11.4. The van der Waals surface area contributed by atoms with Crippen LogP contribution in [-0.2, 0) is 28.6 Å². The van der Waals surface area contributed by atoms with Crippen LogP contribution in [0.2, 0.25) is 0 Å². The van der Waals surface area contributed by atoms with Crippen LogP contribution in [0.4, 0.5) is 0 Å². The van der Waals surface area contributed by atoms with Crippen molar-refractivity contribution in [1.29, 1.82) is 0 Å². The summed E-state index contributed by atoms with van der Waals surface area (Å²) in [4.78, 5) is 37.9. The van der Waals surface area contributed by atoms with Crippen molar-refractivity contribution in [2.24, 2.45) is 0 Å². The van der Waals surface area contributed by atoms with Gasteiger partial charge in [-0.25, -0.2) is 0 Å². The summed E-state index contributed by atoms with van der Waals surface area (Å²) in [5, 5.41) is 0. The Morgan fingerprint density at radius 3 is 0.853 bits per heavy atom. The molecule has 0 heterocycles. The Kier molecular flexibility index (Phi) is 56.6. The first-order chi connectivity index (χ1) is 37.0. The van der Waals surface area contributed by atoms with Crippen LogP contribution in [0, 0.1) is 0 Å². The molecule has 0 radical (unpaired) electrons. The Hall–Kier alpha value is -5.49. The van der Waals surface area contributed by atoms with Gasteiger partial charge in [0.1, 0.15) is 13.2 Å². The fourth-order valence-corrected chi connectivity index (χ4v) is 7.09.